The number of aliphatic imine (C=N–C) groups is 1. The highest BCUT2D eigenvalue weighted by molar-refractivity contribution is 5.78. The van der Waals surface area contributed by atoms with Crippen molar-refractivity contribution < 1.29 is 0 Å². The number of hydrogen-bond acceptors (Lipinski definition) is 3. The molecule has 3 rings (SSSR count). The second-order valence-electron chi connectivity index (χ2n) is 5.82. The van der Waals surface area contributed by atoms with Crippen molar-refractivity contribution in [2.75, 3.05) is 0 Å². The van der Waals surface area contributed by atoms with Crippen molar-refractivity contribution in [2.45, 2.75) is 70.5 Å². The predicted octanol–water partition coefficient (Wildman–Crippen LogP) is 1.35. The third-order valence-corrected chi connectivity index (χ3v) is 4.28. The van der Waals surface area contributed by atoms with Crippen molar-refractivity contribution in [1.82, 2.24) is 20.1 Å². The molecule has 20 heavy (non-hydrogen) atoms. The van der Waals surface area contributed by atoms with E-state index in [1.165, 1.54) is 44.9 Å². The first-order chi connectivity index (χ1) is 9.83. The van der Waals surface area contributed by atoms with Gasteiger partial charge in [-0.1, -0.05) is 19.3 Å². The molecule has 0 saturated heterocycles. The average Bonchev–Trinajstić information content (AvgIpc) is 3.02. The molecule has 1 saturated carbocycles. The summed E-state index contributed by atoms with van der Waals surface area (Å²) in [5, 5.41) is 11.9. The number of nitrogens with two attached hydrogens (primary N) is 1. The van der Waals surface area contributed by atoms with E-state index in [0.29, 0.717) is 18.5 Å². The third kappa shape index (κ3) is 3.11. The normalized spacial score (nSPS) is 20.7. The minimum absolute atomic E-state index is 0.509. The molecule has 2 heterocycles. The van der Waals surface area contributed by atoms with Gasteiger partial charge in [-0.15, -0.1) is 10.2 Å². The van der Waals surface area contributed by atoms with Crippen molar-refractivity contribution in [3.05, 3.63) is 11.6 Å². The largest absolute Gasteiger partial charge is 0.370 e. The second kappa shape index (κ2) is 6.24. The van der Waals surface area contributed by atoms with Crippen molar-refractivity contribution in [2.24, 2.45) is 10.7 Å². The van der Waals surface area contributed by atoms with Crippen LogP contribution < -0.4 is 11.1 Å². The fourth-order valence-electron chi connectivity index (χ4n) is 3.14. The molecule has 0 aromatic carbocycles. The molecule has 1 aliphatic carbocycles. The van der Waals surface area contributed by atoms with Crippen LogP contribution in [0, 0.1) is 0 Å². The number of hydrogen-bond donors (Lipinski definition) is 2. The zero-order chi connectivity index (χ0) is 13.8. The van der Waals surface area contributed by atoms with Crippen LogP contribution in [0.15, 0.2) is 4.99 Å². The highest BCUT2D eigenvalue weighted by atomic mass is 15.3. The van der Waals surface area contributed by atoms with Gasteiger partial charge in [-0.2, -0.15) is 0 Å². The summed E-state index contributed by atoms with van der Waals surface area (Å²) >= 11 is 0. The maximum Gasteiger partial charge on any atom is 0.189 e. The number of aryl methyl sites for hydroxylation is 1. The number of nitrogens with zero attached hydrogens (tertiary/aromatic N) is 4. The minimum Gasteiger partial charge on any atom is -0.370 e. The first-order valence-electron chi connectivity index (χ1n) is 7.80. The molecule has 110 valence electrons. The molecule has 6 nitrogen and oxygen atoms in total. The summed E-state index contributed by atoms with van der Waals surface area (Å²) in [5.74, 6) is 2.59. The van der Waals surface area contributed by atoms with Crippen LogP contribution in [-0.2, 0) is 19.5 Å². The molecule has 1 aromatic heterocycles. The van der Waals surface area contributed by atoms with Crippen molar-refractivity contribution in [3.63, 3.8) is 0 Å². The fourth-order valence-corrected chi connectivity index (χ4v) is 3.14. The van der Waals surface area contributed by atoms with Crippen molar-refractivity contribution >= 4 is 5.96 Å². The summed E-state index contributed by atoms with van der Waals surface area (Å²) in [5.41, 5.74) is 5.96. The van der Waals surface area contributed by atoms with Crippen LogP contribution >= 0.6 is 0 Å². The van der Waals surface area contributed by atoms with Crippen LogP contribution in [0.5, 0.6) is 0 Å². The summed E-state index contributed by atoms with van der Waals surface area (Å²) in [6.45, 7) is 1.54. The van der Waals surface area contributed by atoms with Crippen LogP contribution in [0.4, 0.5) is 0 Å². The molecule has 1 aliphatic heterocycles. The Hall–Kier alpha value is -1.59. The topological polar surface area (TPSA) is 81.1 Å². The lowest BCUT2D eigenvalue weighted by Crippen LogP contribution is -2.38. The van der Waals surface area contributed by atoms with Crippen LogP contribution in [-0.4, -0.2) is 26.8 Å². The van der Waals surface area contributed by atoms with E-state index in [9.17, 15) is 0 Å². The number of rotatable bonds is 3. The molecule has 2 aliphatic rings. The Morgan fingerprint density at radius 3 is 2.90 bits per heavy atom. The van der Waals surface area contributed by atoms with Gasteiger partial charge in [0, 0.05) is 19.0 Å². The lowest BCUT2D eigenvalue weighted by Gasteiger charge is -2.12. The van der Waals surface area contributed by atoms with Gasteiger partial charge in [0.2, 0.25) is 0 Å². The van der Waals surface area contributed by atoms with Crippen LogP contribution in [0.25, 0.3) is 0 Å². The maximum atomic E-state index is 5.96. The lowest BCUT2D eigenvalue weighted by atomic mass is 10.2. The highest BCUT2D eigenvalue weighted by Gasteiger charge is 2.16. The van der Waals surface area contributed by atoms with E-state index in [2.05, 4.69) is 25.1 Å². The number of fused-ring (bicyclic) bond motifs is 1. The summed E-state index contributed by atoms with van der Waals surface area (Å²) in [4.78, 5) is 4.43. The number of guanidine groups is 1. The molecular weight excluding hydrogens is 252 g/mol. The summed E-state index contributed by atoms with van der Waals surface area (Å²) in [6.07, 6.45) is 9.73. The third-order valence-electron chi connectivity index (χ3n) is 4.28. The van der Waals surface area contributed by atoms with E-state index in [1.54, 1.807) is 0 Å². The van der Waals surface area contributed by atoms with Crippen LogP contribution in [0.1, 0.15) is 56.6 Å². The van der Waals surface area contributed by atoms with Crippen molar-refractivity contribution in [1.29, 1.82) is 0 Å². The number of nitrogens with one attached hydrogen (secondary N) is 1. The van der Waals surface area contributed by atoms with E-state index >= 15 is 0 Å². The predicted molar refractivity (Wildman–Crippen MR) is 78.3 cm³/mol. The van der Waals surface area contributed by atoms with Gasteiger partial charge in [0.1, 0.15) is 12.4 Å². The molecule has 0 amide bonds. The molecule has 1 aromatic rings. The zero-order valence-electron chi connectivity index (χ0n) is 12.0. The fraction of sp³-hybridized carbons (Fsp3) is 0.786. The second-order valence-corrected chi connectivity index (χ2v) is 5.82. The van der Waals surface area contributed by atoms with E-state index < -0.39 is 0 Å². The highest BCUT2D eigenvalue weighted by Crippen LogP contribution is 2.17. The summed E-state index contributed by atoms with van der Waals surface area (Å²) in [7, 11) is 0. The summed E-state index contributed by atoms with van der Waals surface area (Å²) < 4.78 is 2.22. The quantitative estimate of drug-likeness (QED) is 0.645. The molecule has 0 atom stereocenters. The molecular formula is C14H24N6. The van der Waals surface area contributed by atoms with Gasteiger partial charge >= 0.3 is 0 Å². The van der Waals surface area contributed by atoms with Crippen LogP contribution in [0.3, 0.4) is 0 Å². The van der Waals surface area contributed by atoms with Gasteiger partial charge in [-0.05, 0) is 25.7 Å². The lowest BCUT2D eigenvalue weighted by molar-refractivity contribution is 0.602. The molecule has 6 heteroatoms. The van der Waals surface area contributed by atoms with Gasteiger partial charge in [0.25, 0.3) is 0 Å². The molecule has 3 N–H and O–H groups in total. The van der Waals surface area contributed by atoms with E-state index in [0.717, 1.165) is 24.6 Å². The Balaban J connectivity index is 1.61. The molecule has 0 bridgehead atoms. The van der Waals surface area contributed by atoms with Gasteiger partial charge in [-0.25, -0.2) is 4.99 Å². The average molecular weight is 276 g/mol. The maximum absolute atomic E-state index is 5.96. The van der Waals surface area contributed by atoms with Crippen molar-refractivity contribution in [3.8, 4) is 0 Å². The van der Waals surface area contributed by atoms with Gasteiger partial charge in [0.05, 0.1) is 0 Å². The SMILES string of the molecule is NC(=NCc1nnc2n1CCCCC2)NC1CCCC1. The van der Waals surface area contributed by atoms with E-state index in [-0.39, 0.29) is 0 Å². The van der Waals surface area contributed by atoms with Gasteiger partial charge in [-0.3, -0.25) is 0 Å². The Morgan fingerprint density at radius 2 is 2.05 bits per heavy atom. The zero-order valence-corrected chi connectivity index (χ0v) is 12.0. The van der Waals surface area contributed by atoms with Gasteiger partial charge in [0.15, 0.2) is 11.8 Å². The monoisotopic (exact) mass is 276 g/mol. The Kier molecular flexibility index (Phi) is 4.18. The van der Waals surface area contributed by atoms with Crippen LogP contribution in [0.2, 0.25) is 0 Å². The summed E-state index contributed by atoms with van der Waals surface area (Å²) in [6, 6.07) is 0.509. The first kappa shape index (κ1) is 13.4. The smallest absolute Gasteiger partial charge is 0.189 e. The van der Waals surface area contributed by atoms with Gasteiger partial charge < -0.3 is 15.6 Å². The first-order valence-corrected chi connectivity index (χ1v) is 7.80. The molecule has 0 unspecified atom stereocenters. The Morgan fingerprint density at radius 1 is 1.20 bits per heavy atom. The Bertz CT molecular complexity index is 472. The minimum atomic E-state index is 0.509. The Labute approximate surface area is 119 Å². The van der Waals surface area contributed by atoms with E-state index in [1.807, 2.05) is 0 Å². The molecule has 0 spiro atoms. The molecule has 0 radical (unpaired) electrons. The van der Waals surface area contributed by atoms with E-state index in [4.69, 9.17) is 5.73 Å². The number of aromatic nitrogens is 3. The molecule has 1 fully saturated rings. The standard InChI is InChI=1S/C14H24N6/c15-14(17-11-6-3-4-7-11)16-10-13-19-18-12-8-2-1-5-9-20(12)13/h11H,1-10H2,(H3,15,16,17).